The molecule has 2 aromatic heterocycles. The summed E-state index contributed by atoms with van der Waals surface area (Å²) >= 11 is 0. The van der Waals surface area contributed by atoms with Crippen molar-refractivity contribution in [3.05, 3.63) is 47.9 Å². The van der Waals surface area contributed by atoms with Crippen LogP contribution in [0, 0.1) is 5.82 Å². The molecule has 140 valence electrons. The highest BCUT2D eigenvalue weighted by molar-refractivity contribution is 5.95. The zero-order valence-corrected chi connectivity index (χ0v) is 14.9. The molecule has 0 bridgehead atoms. The summed E-state index contributed by atoms with van der Waals surface area (Å²) in [5.74, 6) is -0.754. The molecular formula is C18H19FN6O2. The largest absolute Gasteiger partial charge is 0.351 e. The van der Waals surface area contributed by atoms with Gasteiger partial charge in [-0.2, -0.15) is 4.98 Å². The molecule has 0 aliphatic heterocycles. The van der Waals surface area contributed by atoms with Crippen LogP contribution in [0.2, 0.25) is 0 Å². The molecule has 0 saturated heterocycles. The van der Waals surface area contributed by atoms with Gasteiger partial charge in [-0.15, -0.1) is 5.10 Å². The van der Waals surface area contributed by atoms with E-state index in [0.717, 1.165) is 0 Å². The second kappa shape index (κ2) is 7.81. The number of pyridine rings is 1. The number of nitrogens with zero attached hydrogens (tertiary/aromatic N) is 3. The van der Waals surface area contributed by atoms with Crippen molar-refractivity contribution in [3.63, 3.8) is 0 Å². The van der Waals surface area contributed by atoms with Gasteiger partial charge in [0.1, 0.15) is 11.5 Å². The van der Waals surface area contributed by atoms with Crippen molar-refractivity contribution in [2.45, 2.75) is 13.8 Å². The minimum atomic E-state index is -0.456. The lowest BCUT2D eigenvalue weighted by atomic mass is 10.1. The molecule has 2 heterocycles. The molecule has 0 radical (unpaired) electrons. The Morgan fingerprint density at radius 2 is 1.85 bits per heavy atom. The first-order valence-electron chi connectivity index (χ1n) is 8.52. The Labute approximate surface area is 154 Å². The lowest BCUT2D eigenvalue weighted by Gasteiger charge is -2.08. The molecular weight excluding hydrogens is 351 g/mol. The number of carbonyl (C=O) groups excluding carboxylic acids is 2. The van der Waals surface area contributed by atoms with Crippen LogP contribution in [-0.2, 0) is 0 Å². The third-order valence-corrected chi connectivity index (χ3v) is 3.75. The maximum atomic E-state index is 14.2. The van der Waals surface area contributed by atoms with Crippen molar-refractivity contribution < 1.29 is 14.0 Å². The summed E-state index contributed by atoms with van der Waals surface area (Å²) < 4.78 is 15.5. The number of rotatable bonds is 5. The summed E-state index contributed by atoms with van der Waals surface area (Å²) in [4.78, 5) is 28.4. The van der Waals surface area contributed by atoms with Gasteiger partial charge in [0, 0.05) is 18.7 Å². The van der Waals surface area contributed by atoms with E-state index < -0.39 is 11.8 Å². The van der Waals surface area contributed by atoms with Crippen molar-refractivity contribution in [1.29, 1.82) is 0 Å². The Kier molecular flexibility index (Phi) is 5.30. The fraction of sp³-hybridized carbons (Fsp3) is 0.222. The summed E-state index contributed by atoms with van der Waals surface area (Å²) in [7, 11) is 0. The first-order chi connectivity index (χ1) is 13.0. The molecule has 3 amide bonds. The Hall–Kier alpha value is -3.49. The van der Waals surface area contributed by atoms with Crippen molar-refractivity contribution in [2.75, 3.05) is 18.4 Å². The highest BCUT2D eigenvalue weighted by Crippen LogP contribution is 2.25. The number of amides is 3. The van der Waals surface area contributed by atoms with Crippen LogP contribution in [0.4, 0.5) is 15.1 Å². The van der Waals surface area contributed by atoms with Gasteiger partial charge in [-0.05, 0) is 37.6 Å². The van der Waals surface area contributed by atoms with Crippen LogP contribution in [0.1, 0.15) is 24.3 Å². The quantitative estimate of drug-likeness (QED) is 0.642. The first-order valence-corrected chi connectivity index (χ1v) is 8.52. The Balaban J connectivity index is 2.12. The number of hydrogen-bond donors (Lipinski definition) is 3. The van der Waals surface area contributed by atoms with Gasteiger partial charge in [-0.3, -0.25) is 10.1 Å². The highest BCUT2D eigenvalue weighted by Gasteiger charge is 2.17. The smallest absolute Gasteiger partial charge is 0.321 e. The van der Waals surface area contributed by atoms with E-state index in [9.17, 15) is 14.0 Å². The second-order valence-corrected chi connectivity index (χ2v) is 5.66. The molecule has 3 N–H and O–H groups in total. The van der Waals surface area contributed by atoms with Crippen LogP contribution in [0.5, 0.6) is 0 Å². The number of carbonyl (C=O) groups is 2. The van der Waals surface area contributed by atoms with Crippen molar-refractivity contribution >= 4 is 23.5 Å². The summed E-state index contributed by atoms with van der Waals surface area (Å²) in [5.41, 5.74) is 1.32. The molecule has 0 atom stereocenters. The highest BCUT2D eigenvalue weighted by atomic mass is 19.1. The van der Waals surface area contributed by atoms with Crippen LogP contribution in [-0.4, -0.2) is 39.6 Å². The van der Waals surface area contributed by atoms with Crippen LogP contribution in [0.15, 0.2) is 36.4 Å². The topological polar surface area (TPSA) is 100 Å². The normalized spacial score (nSPS) is 10.6. The Morgan fingerprint density at radius 3 is 2.56 bits per heavy atom. The van der Waals surface area contributed by atoms with E-state index in [2.05, 4.69) is 26.0 Å². The lowest BCUT2D eigenvalue weighted by molar-refractivity contribution is 0.0948. The summed E-state index contributed by atoms with van der Waals surface area (Å²) in [6.45, 7) is 4.44. The zero-order chi connectivity index (χ0) is 19.4. The van der Waals surface area contributed by atoms with Gasteiger partial charge in [0.05, 0.1) is 0 Å². The van der Waals surface area contributed by atoms with Crippen LogP contribution in [0.3, 0.4) is 0 Å². The van der Waals surface area contributed by atoms with Crippen molar-refractivity contribution in [3.8, 4) is 11.1 Å². The SMILES string of the molecule is CCNC(=O)Nc1nc2cc(-c3ccccc3F)cc(C(=O)NCC)n2n1. The van der Waals surface area contributed by atoms with Gasteiger partial charge >= 0.3 is 6.03 Å². The number of benzene rings is 1. The first kappa shape index (κ1) is 18.3. The van der Waals surface area contributed by atoms with Gasteiger partial charge in [-0.1, -0.05) is 18.2 Å². The molecule has 0 unspecified atom stereocenters. The summed E-state index contributed by atoms with van der Waals surface area (Å²) in [6.07, 6.45) is 0. The van der Waals surface area contributed by atoms with Crippen molar-refractivity contribution in [2.24, 2.45) is 0 Å². The molecule has 8 nitrogen and oxygen atoms in total. The van der Waals surface area contributed by atoms with E-state index in [1.165, 1.54) is 10.6 Å². The molecule has 3 rings (SSSR count). The van der Waals surface area contributed by atoms with Gasteiger partial charge in [0.2, 0.25) is 0 Å². The molecule has 0 aliphatic rings. The minimum Gasteiger partial charge on any atom is -0.351 e. The average molecular weight is 370 g/mol. The van der Waals surface area contributed by atoms with Gasteiger partial charge in [0.15, 0.2) is 5.65 Å². The molecule has 9 heteroatoms. The predicted octanol–water partition coefficient (Wildman–Crippen LogP) is 2.43. The van der Waals surface area contributed by atoms with Crippen LogP contribution in [0.25, 0.3) is 16.8 Å². The third-order valence-electron chi connectivity index (χ3n) is 3.75. The fourth-order valence-electron chi connectivity index (χ4n) is 2.61. The number of anilines is 1. The number of nitrogens with one attached hydrogen (secondary N) is 3. The zero-order valence-electron chi connectivity index (χ0n) is 14.9. The summed E-state index contributed by atoms with van der Waals surface area (Å²) in [6, 6.07) is 8.96. The number of hydrogen-bond acceptors (Lipinski definition) is 4. The maximum Gasteiger partial charge on any atom is 0.321 e. The molecule has 0 fully saturated rings. The van der Waals surface area contributed by atoms with E-state index in [-0.39, 0.29) is 17.5 Å². The van der Waals surface area contributed by atoms with Crippen LogP contribution >= 0.6 is 0 Å². The van der Waals surface area contributed by atoms with Crippen molar-refractivity contribution in [1.82, 2.24) is 25.2 Å². The molecule has 0 spiro atoms. The predicted molar refractivity (Wildman–Crippen MR) is 99.1 cm³/mol. The molecule has 3 aromatic rings. The monoisotopic (exact) mass is 370 g/mol. The van der Waals surface area contributed by atoms with Crippen LogP contribution < -0.4 is 16.0 Å². The molecule has 0 saturated carbocycles. The van der Waals surface area contributed by atoms with E-state index in [1.54, 1.807) is 44.2 Å². The molecule has 27 heavy (non-hydrogen) atoms. The maximum absolute atomic E-state index is 14.2. The third kappa shape index (κ3) is 3.86. The fourth-order valence-corrected chi connectivity index (χ4v) is 2.61. The van der Waals surface area contributed by atoms with E-state index in [0.29, 0.717) is 29.9 Å². The number of aromatic nitrogens is 3. The minimum absolute atomic E-state index is 0.0391. The molecule has 1 aromatic carbocycles. The van der Waals surface area contributed by atoms with E-state index in [4.69, 9.17) is 0 Å². The standard InChI is InChI=1S/C18H19FN6O2/c1-3-20-16(26)14-9-11(12-7-5-6-8-13(12)19)10-15-22-17(24-25(14)15)23-18(27)21-4-2/h5-10H,3-4H2,1-2H3,(H,20,26)(H2,21,23,24,27). The van der Waals surface area contributed by atoms with Gasteiger partial charge in [0.25, 0.3) is 11.9 Å². The lowest BCUT2D eigenvalue weighted by Crippen LogP contribution is -2.28. The van der Waals surface area contributed by atoms with E-state index in [1.807, 2.05) is 0 Å². The van der Waals surface area contributed by atoms with E-state index >= 15 is 0 Å². The number of urea groups is 1. The van der Waals surface area contributed by atoms with Gasteiger partial charge < -0.3 is 10.6 Å². The average Bonchev–Trinajstić information content (AvgIpc) is 3.03. The molecule has 0 aliphatic carbocycles. The summed E-state index contributed by atoms with van der Waals surface area (Å²) in [5, 5.41) is 11.9. The number of halogens is 1. The Morgan fingerprint density at radius 1 is 1.11 bits per heavy atom. The number of fused-ring (bicyclic) bond motifs is 1. The Bertz CT molecular complexity index is 1000. The second-order valence-electron chi connectivity index (χ2n) is 5.66. The van der Waals surface area contributed by atoms with Gasteiger partial charge in [-0.25, -0.2) is 13.7 Å².